The van der Waals surface area contributed by atoms with Crippen molar-refractivity contribution in [1.82, 2.24) is 15.5 Å². The first kappa shape index (κ1) is 21.0. The van der Waals surface area contributed by atoms with E-state index in [1.165, 1.54) is 11.1 Å². The Balaban J connectivity index is 1.56. The monoisotopic (exact) mass is 427 g/mol. The number of allylic oxidation sites excluding steroid dienone is 1. The van der Waals surface area contributed by atoms with Crippen LogP contribution in [0.5, 0.6) is 0 Å². The summed E-state index contributed by atoms with van der Waals surface area (Å²) in [6.45, 7) is 0.000987. The third kappa shape index (κ3) is 4.02. The molecule has 11 nitrogen and oxygen atoms in total. The lowest BCUT2D eigenvalue weighted by molar-refractivity contribution is -0.117. The number of benzene rings is 1. The normalized spacial score (nSPS) is 25.5. The third-order valence-corrected chi connectivity index (χ3v) is 5.57. The van der Waals surface area contributed by atoms with Gasteiger partial charge in [0, 0.05) is 36.5 Å². The summed E-state index contributed by atoms with van der Waals surface area (Å²) in [6, 6.07) is 4.65. The molecule has 1 unspecified atom stereocenters. The molecule has 1 aliphatic heterocycles. The molecular weight excluding hydrogens is 402 g/mol. The molecule has 11 heteroatoms. The fourth-order valence-corrected chi connectivity index (χ4v) is 3.89. The van der Waals surface area contributed by atoms with E-state index in [1.807, 2.05) is 0 Å². The number of anilines is 3. The number of hydrogen-bond donors (Lipinski definition) is 6. The van der Waals surface area contributed by atoms with Gasteiger partial charge in [0.05, 0.1) is 24.9 Å². The minimum Gasteiger partial charge on any atom is -0.397 e. The topological polar surface area (TPSA) is 170 Å². The molecule has 0 bridgehead atoms. The quantitative estimate of drug-likeness (QED) is 0.263. The Labute approximate surface area is 178 Å². The van der Waals surface area contributed by atoms with Crippen molar-refractivity contribution in [2.24, 2.45) is 11.8 Å². The molecule has 2 aromatic rings. The molecule has 1 saturated heterocycles. The number of amides is 1. The van der Waals surface area contributed by atoms with E-state index in [0.29, 0.717) is 28.7 Å². The van der Waals surface area contributed by atoms with E-state index >= 15 is 0 Å². The van der Waals surface area contributed by atoms with Gasteiger partial charge in [-0.05, 0) is 36.1 Å². The summed E-state index contributed by atoms with van der Waals surface area (Å²) < 4.78 is 5.21. The first-order valence-electron chi connectivity index (χ1n) is 9.91. The number of hydrogen-bond acceptors (Lipinski definition) is 10. The van der Waals surface area contributed by atoms with Gasteiger partial charge in [0.2, 0.25) is 12.3 Å². The summed E-state index contributed by atoms with van der Waals surface area (Å²) in [7, 11) is 1.75. The molecule has 2 fully saturated rings. The van der Waals surface area contributed by atoms with Crippen molar-refractivity contribution in [2.75, 3.05) is 36.2 Å². The highest BCUT2D eigenvalue weighted by Crippen LogP contribution is 2.44. The maximum Gasteiger partial charge on any atom is 0.238 e. The lowest BCUT2D eigenvalue weighted by atomic mass is 10.1. The second-order valence-electron chi connectivity index (χ2n) is 7.62. The SMILES string of the molecule is CN/C=C(\C=N)[C@H]1C[C@@H]1C(=O)Nc1cc2cc(N3C(O)OC[C@@H]3CO)cc(N)c2nn1. The number of nitrogens with zero attached hydrogens (tertiary/aromatic N) is 3. The third-order valence-electron chi connectivity index (χ3n) is 5.57. The molecule has 4 rings (SSSR count). The number of carbonyl (C=O) groups excluding carboxylic acids is 1. The number of nitrogens with two attached hydrogens (primary N) is 1. The highest BCUT2D eigenvalue weighted by atomic mass is 16.6. The van der Waals surface area contributed by atoms with Crippen LogP contribution in [0, 0.1) is 17.2 Å². The number of aliphatic hydroxyl groups excluding tert-OH is 2. The second-order valence-corrected chi connectivity index (χ2v) is 7.62. The average Bonchev–Trinajstić information content (AvgIpc) is 3.46. The Morgan fingerprint density at radius 1 is 1.39 bits per heavy atom. The predicted molar refractivity (Wildman–Crippen MR) is 115 cm³/mol. The van der Waals surface area contributed by atoms with Crippen LogP contribution in [0.2, 0.25) is 0 Å². The van der Waals surface area contributed by atoms with E-state index in [4.69, 9.17) is 15.9 Å². The molecule has 2 aliphatic rings. The molecule has 7 N–H and O–H groups in total. The van der Waals surface area contributed by atoms with Crippen LogP contribution in [-0.2, 0) is 9.53 Å². The minimum atomic E-state index is -1.19. The molecule has 31 heavy (non-hydrogen) atoms. The van der Waals surface area contributed by atoms with Gasteiger partial charge in [-0.2, -0.15) is 0 Å². The molecule has 1 saturated carbocycles. The van der Waals surface area contributed by atoms with E-state index in [0.717, 1.165) is 5.57 Å². The second kappa shape index (κ2) is 8.46. The van der Waals surface area contributed by atoms with Crippen LogP contribution in [0.1, 0.15) is 6.42 Å². The highest BCUT2D eigenvalue weighted by molar-refractivity contribution is 5.98. The van der Waals surface area contributed by atoms with Gasteiger partial charge in [-0.3, -0.25) is 4.79 Å². The van der Waals surface area contributed by atoms with Gasteiger partial charge in [-0.1, -0.05) is 0 Å². The molecular formula is C20H25N7O4. The lowest BCUT2D eigenvalue weighted by Crippen LogP contribution is -2.39. The Bertz CT molecular complexity index is 1040. The van der Waals surface area contributed by atoms with Crippen LogP contribution in [0.25, 0.3) is 10.9 Å². The summed E-state index contributed by atoms with van der Waals surface area (Å²) in [5.74, 6) is -0.119. The molecule has 164 valence electrons. The minimum absolute atomic E-state index is 0.00711. The van der Waals surface area contributed by atoms with Crippen molar-refractivity contribution < 1.29 is 19.7 Å². The molecule has 0 radical (unpaired) electrons. The lowest BCUT2D eigenvalue weighted by Gasteiger charge is -2.26. The van der Waals surface area contributed by atoms with Gasteiger partial charge in [-0.25, -0.2) is 0 Å². The largest absolute Gasteiger partial charge is 0.397 e. The van der Waals surface area contributed by atoms with Gasteiger partial charge < -0.3 is 41.6 Å². The van der Waals surface area contributed by atoms with Gasteiger partial charge in [0.15, 0.2) is 5.82 Å². The van der Waals surface area contributed by atoms with E-state index in [2.05, 4.69) is 20.8 Å². The highest BCUT2D eigenvalue weighted by Gasteiger charge is 2.45. The van der Waals surface area contributed by atoms with Crippen molar-refractivity contribution in [1.29, 1.82) is 5.41 Å². The van der Waals surface area contributed by atoms with Crippen LogP contribution in [0.15, 0.2) is 30.0 Å². The molecule has 1 aromatic carbocycles. The molecule has 0 spiro atoms. The van der Waals surface area contributed by atoms with E-state index in [1.54, 1.807) is 31.4 Å². The fraction of sp³-hybridized carbons (Fsp3) is 0.400. The average molecular weight is 427 g/mol. The number of rotatable bonds is 7. The Kier molecular flexibility index (Phi) is 5.72. The van der Waals surface area contributed by atoms with Gasteiger partial charge in [0.1, 0.15) is 5.52 Å². The van der Waals surface area contributed by atoms with Crippen LogP contribution < -0.4 is 21.3 Å². The van der Waals surface area contributed by atoms with Crippen molar-refractivity contribution in [3.63, 3.8) is 0 Å². The van der Waals surface area contributed by atoms with Crippen LogP contribution in [0.4, 0.5) is 17.2 Å². The zero-order valence-electron chi connectivity index (χ0n) is 16.9. The van der Waals surface area contributed by atoms with E-state index < -0.39 is 12.5 Å². The van der Waals surface area contributed by atoms with Gasteiger partial charge in [0.25, 0.3) is 0 Å². The number of ether oxygens (including phenoxy) is 1. The number of carbonyl (C=O) groups is 1. The van der Waals surface area contributed by atoms with Crippen LogP contribution in [-0.4, -0.2) is 65.2 Å². The molecule has 2 heterocycles. The van der Waals surface area contributed by atoms with E-state index in [9.17, 15) is 15.0 Å². The Morgan fingerprint density at radius 3 is 2.90 bits per heavy atom. The zero-order chi connectivity index (χ0) is 22.1. The van der Waals surface area contributed by atoms with Gasteiger partial charge >= 0.3 is 0 Å². The summed E-state index contributed by atoms with van der Waals surface area (Å²) >= 11 is 0. The first-order chi connectivity index (χ1) is 15.0. The predicted octanol–water partition coefficient (Wildman–Crippen LogP) is 0.0129. The van der Waals surface area contributed by atoms with Crippen LogP contribution >= 0.6 is 0 Å². The summed E-state index contributed by atoms with van der Waals surface area (Å²) in [5, 5.41) is 41.6. The molecule has 1 aromatic heterocycles. The summed E-state index contributed by atoms with van der Waals surface area (Å²) in [4.78, 5) is 14.1. The maximum atomic E-state index is 12.6. The smallest absolute Gasteiger partial charge is 0.238 e. The Morgan fingerprint density at radius 2 is 2.19 bits per heavy atom. The van der Waals surface area contributed by atoms with Crippen molar-refractivity contribution >= 4 is 40.2 Å². The van der Waals surface area contributed by atoms with Crippen molar-refractivity contribution in [2.45, 2.75) is 18.9 Å². The summed E-state index contributed by atoms with van der Waals surface area (Å²) in [6.07, 6.45) is 2.46. The number of aliphatic hydroxyl groups is 2. The van der Waals surface area contributed by atoms with Crippen molar-refractivity contribution in [3.8, 4) is 0 Å². The maximum absolute atomic E-state index is 12.6. The molecule has 1 aliphatic carbocycles. The first-order valence-corrected chi connectivity index (χ1v) is 9.91. The number of fused-ring (bicyclic) bond motifs is 1. The summed E-state index contributed by atoms with van der Waals surface area (Å²) in [5.41, 5.74) is 8.28. The molecule has 1 amide bonds. The van der Waals surface area contributed by atoms with Gasteiger partial charge in [-0.15, -0.1) is 10.2 Å². The number of aromatic nitrogens is 2. The molecule has 4 atom stereocenters. The zero-order valence-corrected chi connectivity index (χ0v) is 16.9. The number of nitrogen functional groups attached to an aromatic ring is 1. The van der Waals surface area contributed by atoms with Crippen molar-refractivity contribution in [3.05, 3.63) is 30.0 Å². The standard InChI is InChI=1S/C20H25N7O4/c1-23-7-11(6-21)14-5-15(14)19(29)24-17-3-10-2-12(4-16(22)18(10)26-25-17)27-13(8-28)9-31-20(27)30/h2-4,6-7,13-15,20-21,23,28,30H,5,8-9,22H2,1H3,(H,24,25,29)/b11-7+,21-6?/t13-,14+,15-,20?/m0/s1. The number of nitrogens with one attached hydrogen (secondary N) is 3. The Hall–Kier alpha value is -3.28. The van der Waals surface area contributed by atoms with Crippen LogP contribution in [0.3, 0.4) is 0 Å². The fourth-order valence-electron chi connectivity index (χ4n) is 3.89. The van der Waals surface area contributed by atoms with E-state index in [-0.39, 0.29) is 36.8 Å².